The molecular weight excluding hydrogens is 611 g/mol. The summed E-state index contributed by atoms with van der Waals surface area (Å²) in [6.07, 6.45) is 0.907. The van der Waals surface area contributed by atoms with Gasteiger partial charge < -0.3 is 4.74 Å². The zero-order valence-electron chi connectivity index (χ0n) is 23.3. The molecule has 0 aliphatic heterocycles. The predicted molar refractivity (Wildman–Crippen MR) is 148 cm³/mol. The van der Waals surface area contributed by atoms with E-state index in [0.717, 1.165) is 42.7 Å². The zero-order valence-corrected chi connectivity index (χ0v) is 23.3. The summed E-state index contributed by atoms with van der Waals surface area (Å²) in [7, 11) is 0. The van der Waals surface area contributed by atoms with Crippen LogP contribution in [0.1, 0.15) is 30.9 Å². The third-order valence-corrected chi connectivity index (χ3v) is 6.88. The molecule has 3 nitrogen and oxygen atoms in total. The van der Waals surface area contributed by atoms with Crippen LogP contribution in [0.3, 0.4) is 0 Å². The van der Waals surface area contributed by atoms with Gasteiger partial charge >= 0.3 is 6.11 Å². The quantitative estimate of drug-likeness (QED) is 0.120. The van der Waals surface area contributed by atoms with Gasteiger partial charge in [-0.1, -0.05) is 25.5 Å². The van der Waals surface area contributed by atoms with Crippen LogP contribution in [0.4, 0.5) is 39.5 Å². The minimum absolute atomic E-state index is 0.0806. The van der Waals surface area contributed by atoms with Crippen molar-refractivity contribution in [3.05, 3.63) is 125 Å². The standard InChI is InChI=1S/C33H21F9N2O/c1-2-3-4-17-15-43-32(44-16-17)20-12-26(36)30(27(37)13-20)33(41,42)45-21-6-8-22(25(35)14-21)18-5-7-23(24(34)9-18)19-10-28(38)31(40)29(39)11-19/h5-16H,2-4H2,1H3. The van der Waals surface area contributed by atoms with Crippen molar-refractivity contribution in [2.75, 3.05) is 0 Å². The van der Waals surface area contributed by atoms with Crippen LogP contribution in [0.5, 0.6) is 5.75 Å². The van der Waals surface area contributed by atoms with Crippen molar-refractivity contribution in [2.45, 2.75) is 32.3 Å². The minimum Gasteiger partial charge on any atom is -0.429 e. The molecule has 0 bridgehead atoms. The molecule has 0 aliphatic carbocycles. The van der Waals surface area contributed by atoms with Gasteiger partial charge in [-0.05, 0) is 72.0 Å². The number of nitrogens with zero attached hydrogens (tertiary/aromatic N) is 2. The first-order chi connectivity index (χ1) is 21.4. The van der Waals surface area contributed by atoms with Crippen molar-refractivity contribution < 1.29 is 44.3 Å². The highest BCUT2D eigenvalue weighted by Crippen LogP contribution is 2.38. The SMILES string of the molecule is CCCCc1cnc(-c2cc(F)c(C(F)(F)Oc3ccc(-c4ccc(-c5cc(F)c(F)c(F)c5)c(F)c4)c(F)c3)c(F)c2)nc1. The van der Waals surface area contributed by atoms with E-state index in [-0.39, 0.29) is 33.6 Å². The topological polar surface area (TPSA) is 35.0 Å². The summed E-state index contributed by atoms with van der Waals surface area (Å²) in [5, 5.41) is 0. The van der Waals surface area contributed by atoms with Gasteiger partial charge in [0.2, 0.25) is 0 Å². The van der Waals surface area contributed by atoms with Crippen LogP contribution in [0, 0.1) is 40.7 Å². The van der Waals surface area contributed by atoms with Gasteiger partial charge in [0.15, 0.2) is 23.3 Å². The number of rotatable bonds is 9. The average Bonchev–Trinajstić information content (AvgIpc) is 2.98. The summed E-state index contributed by atoms with van der Waals surface area (Å²) in [6.45, 7) is 2.01. The van der Waals surface area contributed by atoms with Crippen molar-refractivity contribution in [1.29, 1.82) is 0 Å². The summed E-state index contributed by atoms with van der Waals surface area (Å²) in [4.78, 5) is 8.10. The highest BCUT2D eigenvalue weighted by atomic mass is 19.3. The lowest BCUT2D eigenvalue weighted by molar-refractivity contribution is -0.189. The molecule has 5 aromatic rings. The fourth-order valence-electron chi connectivity index (χ4n) is 4.61. The first-order valence-electron chi connectivity index (χ1n) is 13.5. The molecule has 1 aromatic heterocycles. The number of hydrogen-bond donors (Lipinski definition) is 0. The summed E-state index contributed by atoms with van der Waals surface area (Å²) in [6, 6.07) is 7.85. The van der Waals surface area contributed by atoms with E-state index in [1.54, 1.807) is 0 Å². The number of halogens is 9. The second-order valence-corrected chi connectivity index (χ2v) is 10.0. The normalized spacial score (nSPS) is 11.6. The molecule has 0 atom stereocenters. The molecule has 4 aromatic carbocycles. The summed E-state index contributed by atoms with van der Waals surface area (Å²) in [5.74, 6) is -11.2. The van der Waals surface area contributed by atoms with E-state index in [1.807, 2.05) is 6.92 Å². The first kappa shape index (κ1) is 31.6. The lowest BCUT2D eigenvalue weighted by Crippen LogP contribution is -2.25. The highest BCUT2D eigenvalue weighted by Gasteiger charge is 2.41. The van der Waals surface area contributed by atoms with Crippen molar-refractivity contribution in [3.63, 3.8) is 0 Å². The van der Waals surface area contributed by atoms with Gasteiger partial charge in [0.05, 0.1) is 0 Å². The Morgan fingerprint density at radius 1 is 0.622 bits per heavy atom. The van der Waals surface area contributed by atoms with Crippen molar-refractivity contribution >= 4 is 0 Å². The Kier molecular flexibility index (Phi) is 8.85. The largest absolute Gasteiger partial charge is 0.432 e. The number of hydrogen-bond acceptors (Lipinski definition) is 3. The minimum atomic E-state index is -4.58. The van der Waals surface area contributed by atoms with E-state index >= 15 is 0 Å². The molecule has 0 spiro atoms. The van der Waals surface area contributed by atoms with Crippen LogP contribution < -0.4 is 4.74 Å². The van der Waals surface area contributed by atoms with Crippen molar-refractivity contribution in [2.24, 2.45) is 0 Å². The smallest absolute Gasteiger partial charge is 0.429 e. The van der Waals surface area contributed by atoms with E-state index in [1.165, 1.54) is 18.5 Å². The second kappa shape index (κ2) is 12.6. The van der Waals surface area contributed by atoms with Crippen molar-refractivity contribution in [1.82, 2.24) is 9.97 Å². The van der Waals surface area contributed by atoms with Crippen LogP contribution in [0.15, 0.2) is 73.1 Å². The molecule has 0 aliphatic rings. The summed E-state index contributed by atoms with van der Waals surface area (Å²) >= 11 is 0. The van der Waals surface area contributed by atoms with Crippen LogP contribution in [0.25, 0.3) is 33.6 Å². The fourth-order valence-corrected chi connectivity index (χ4v) is 4.61. The van der Waals surface area contributed by atoms with Gasteiger partial charge in [-0.25, -0.2) is 40.7 Å². The summed E-state index contributed by atoms with van der Waals surface area (Å²) in [5.41, 5.74) is -2.11. The number of alkyl halides is 2. The fraction of sp³-hybridized carbons (Fsp3) is 0.152. The van der Waals surface area contributed by atoms with Crippen molar-refractivity contribution in [3.8, 4) is 39.4 Å². The molecule has 0 N–H and O–H groups in total. The Morgan fingerprint density at radius 3 is 1.73 bits per heavy atom. The Labute approximate surface area is 251 Å². The Balaban J connectivity index is 1.36. The third kappa shape index (κ3) is 6.64. The van der Waals surface area contributed by atoms with Gasteiger partial charge in [-0.15, -0.1) is 0 Å². The molecule has 0 radical (unpaired) electrons. The molecule has 0 saturated carbocycles. The molecule has 0 fully saturated rings. The molecule has 232 valence electrons. The molecule has 1 heterocycles. The van der Waals surface area contributed by atoms with Crippen LogP contribution in [-0.2, 0) is 12.5 Å². The lowest BCUT2D eigenvalue weighted by atomic mass is 9.99. The zero-order chi connectivity index (χ0) is 32.5. The molecule has 0 saturated heterocycles. The Morgan fingerprint density at radius 2 is 1.16 bits per heavy atom. The highest BCUT2D eigenvalue weighted by molar-refractivity contribution is 5.72. The molecular formula is C33H21F9N2O. The third-order valence-electron chi connectivity index (χ3n) is 6.88. The van der Waals surface area contributed by atoms with Crippen LogP contribution in [-0.4, -0.2) is 9.97 Å². The maximum absolute atomic E-state index is 15.0. The van der Waals surface area contributed by atoms with E-state index in [2.05, 4.69) is 14.7 Å². The maximum atomic E-state index is 15.0. The van der Waals surface area contributed by atoms with Gasteiger partial charge in [-0.2, -0.15) is 8.78 Å². The van der Waals surface area contributed by atoms with Crippen LogP contribution >= 0.6 is 0 Å². The molecule has 12 heteroatoms. The Bertz CT molecular complexity index is 1830. The lowest BCUT2D eigenvalue weighted by Gasteiger charge is -2.20. The predicted octanol–water partition coefficient (Wildman–Crippen LogP) is 9.92. The number of benzene rings is 4. The van der Waals surface area contributed by atoms with Gasteiger partial charge in [-0.3, -0.25) is 0 Å². The molecule has 0 amide bonds. The second-order valence-electron chi connectivity index (χ2n) is 10.0. The van der Waals surface area contributed by atoms with E-state index < -0.39 is 58.1 Å². The van der Waals surface area contributed by atoms with Crippen LogP contribution in [0.2, 0.25) is 0 Å². The first-order valence-corrected chi connectivity index (χ1v) is 13.5. The number of aromatic nitrogens is 2. The van der Waals surface area contributed by atoms with E-state index in [0.29, 0.717) is 36.8 Å². The van der Waals surface area contributed by atoms with Gasteiger partial charge in [0.25, 0.3) is 0 Å². The number of ether oxygens (including phenoxy) is 1. The monoisotopic (exact) mass is 632 g/mol. The molecule has 0 unspecified atom stereocenters. The maximum Gasteiger partial charge on any atom is 0.432 e. The summed E-state index contributed by atoms with van der Waals surface area (Å²) < 4.78 is 134. The van der Waals surface area contributed by atoms with Gasteiger partial charge in [0.1, 0.15) is 34.6 Å². The Hall–Kier alpha value is -4.87. The van der Waals surface area contributed by atoms with E-state index in [9.17, 15) is 39.5 Å². The van der Waals surface area contributed by atoms with Gasteiger partial charge in [0, 0.05) is 35.2 Å². The number of unbranched alkanes of at least 4 members (excludes halogenated alkanes) is 1. The molecule has 5 rings (SSSR count). The number of aryl methyl sites for hydroxylation is 1. The molecule has 45 heavy (non-hydrogen) atoms. The van der Waals surface area contributed by atoms with E-state index in [4.69, 9.17) is 0 Å². The average molecular weight is 633 g/mol.